The second-order valence-corrected chi connectivity index (χ2v) is 8.45. The second-order valence-electron chi connectivity index (χ2n) is 8.45. The van der Waals surface area contributed by atoms with E-state index in [1.54, 1.807) is 19.1 Å². The van der Waals surface area contributed by atoms with Crippen LogP contribution in [-0.4, -0.2) is 17.9 Å². The van der Waals surface area contributed by atoms with Crippen LogP contribution >= 0.6 is 0 Å². The largest absolute Gasteiger partial charge is 0.461 e. The molecule has 0 bridgehead atoms. The molecular weight excluding hydrogens is 394 g/mol. The van der Waals surface area contributed by atoms with Gasteiger partial charge < -0.3 is 14.5 Å². The number of carbonyl (C=O) groups is 2. The Morgan fingerprint density at radius 1 is 1.06 bits per heavy atom. The highest BCUT2D eigenvalue weighted by Crippen LogP contribution is 2.42. The number of esters is 1. The zero-order chi connectivity index (χ0) is 22.3. The average molecular weight is 421 g/mol. The van der Waals surface area contributed by atoms with E-state index >= 15 is 0 Å². The van der Waals surface area contributed by atoms with Gasteiger partial charge in [-0.25, -0.2) is 4.79 Å². The summed E-state index contributed by atoms with van der Waals surface area (Å²) >= 11 is 0. The van der Waals surface area contributed by atoms with Gasteiger partial charge in [0, 0.05) is 28.6 Å². The summed E-state index contributed by atoms with van der Waals surface area (Å²) in [6.45, 7) is 6.83. The lowest BCUT2D eigenvalue weighted by Gasteiger charge is -2.31. The van der Waals surface area contributed by atoms with Crippen LogP contribution in [0.3, 0.4) is 0 Å². The van der Waals surface area contributed by atoms with Crippen LogP contribution in [0.15, 0.2) is 56.0 Å². The lowest BCUT2D eigenvalue weighted by Crippen LogP contribution is -2.32. The molecule has 0 amide bonds. The zero-order valence-corrected chi connectivity index (χ0v) is 18.3. The van der Waals surface area contributed by atoms with Crippen molar-refractivity contribution in [2.24, 2.45) is 0 Å². The Morgan fingerprint density at radius 3 is 2.42 bits per heavy atom. The maximum absolute atomic E-state index is 13.3. The molecule has 2 aliphatic rings. The standard InChI is InChI=1S/C25H27NO5/c1-13-12-20(28)18-10-7-11-19(24(18)30-13)23-21(16(4)27)14(2)26-15(3)22(23)25(29)31-17-8-5-6-9-17/h7,10-12,17,23,26H,5-6,8-9H2,1-4H3. The summed E-state index contributed by atoms with van der Waals surface area (Å²) in [5.41, 5.74) is 3.03. The molecule has 6 heteroatoms. The van der Waals surface area contributed by atoms with Crippen molar-refractivity contribution < 1.29 is 18.7 Å². The molecule has 0 saturated heterocycles. The molecule has 2 heterocycles. The van der Waals surface area contributed by atoms with Crippen LogP contribution in [0.2, 0.25) is 0 Å². The van der Waals surface area contributed by atoms with E-state index in [2.05, 4.69) is 5.32 Å². The number of hydrogen-bond acceptors (Lipinski definition) is 6. The summed E-state index contributed by atoms with van der Waals surface area (Å²) < 4.78 is 11.8. The topological polar surface area (TPSA) is 85.6 Å². The van der Waals surface area contributed by atoms with Crippen molar-refractivity contribution in [3.63, 3.8) is 0 Å². The minimum atomic E-state index is -0.679. The zero-order valence-electron chi connectivity index (χ0n) is 18.3. The van der Waals surface area contributed by atoms with E-state index in [1.165, 1.54) is 13.0 Å². The van der Waals surface area contributed by atoms with Crippen molar-refractivity contribution in [2.75, 3.05) is 0 Å². The molecule has 0 radical (unpaired) electrons. The number of fused-ring (bicyclic) bond motifs is 1. The van der Waals surface area contributed by atoms with Crippen LogP contribution in [0, 0.1) is 6.92 Å². The summed E-state index contributed by atoms with van der Waals surface area (Å²) in [6, 6.07) is 6.71. The molecule has 6 nitrogen and oxygen atoms in total. The quantitative estimate of drug-likeness (QED) is 0.736. The highest BCUT2D eigenvalue weighted by atomic mass is 16.5. The summed E-state index contributed by atoms with van der Waals surface area (Å²) in [4.78, 5) is 38.6. The summed E-state index contributed by atoms with van der Waals surface area (Å²) in [7, 11) is 0. The van der Waals surface area contributed by atoms with Crippen LogP contribution in [0.4, 0.5) is 0 Å². The molecule has 1 fully saturated rings. The maximum atomic E-state index is 13.3. The van der Waals surface area contributed by atoms with E-state index in [0.717, 1.165) is 25.7 Å². The fourth-order valence-electron chi connectivity index (χ4n) is 4.81. The first kappa shape index (κ1) is 21.1. The SMILES string of the molecule is CC(=O)C1=C(C)NC(C)=C(C(=O)OC2CCCC2)C1c1cccc2c(=O)cc(C)oc12. The Bertz CT molecular complexity index is 1190. The first-order valence-electron chi connectivity index (χ1n) is 10.7. The van der Waals surface area contributed by atoms with Gasteiger partial charge in [0.2, 0.25) is 0 Å². The minimum absolute atomic E-state index is 0.103. The average Bonchev–Trinajstić information content (AvgIpc) is 3.19. The summed E-state index contributed by atoms with van der Waals surface area (Å²) in [5.74, 6) is -0.790. The molecule has 31 heavy (non-hydrogen) atoms. The molecule has 4 rings (SSSR count). The van der Waals surface area contributed by atoms with Crippen molar-refractivity contribution in [3.8, 4) is 0 Å². The number of para-hydroxylation sites is 1. The van der Waals surface area contributed by atoms with Crippen LogP contribution in [0.25, 0.3) is 11.0 Å². The molecular formula is C25H27NO5. The van der Waals surface area contributed by atoms with E-state index in [1.807, 2.05) is 19.9 Å². The van der Waals surface area contributed by atoms with Crippen LogP contribution in [-0.2, 0) is 14.3 Å². The first-order valence-corrected chi connectivity index (χ1v) is 10.7. The summed E-state index contributed by atoms with van der Waals surface area (Å²) in [6.07, 6.45) is 3.69. The third kappa shape index (κ3) is 3.82. The van der Waals surface area contributed by atoms with Gasteiger partial charge in [-0.05, 0) is 59.4 Å². The Morgan fingerprint density at radius 2 is 1.74 bits per heavy atom. The molecule has 0 spiro atoms. The lowest BCUT2D eigenvalue weighted by atomic mass is 9.78. The van der Waals surface area contributed by atoms with Gasteiger partial charge in [0.25, 0.3) is 0 Å². The van der Waals surface area contributed by atoms with Gasteiger partial charge in [-0.2, -0.15) is 0 Å². The molecule has 1 N–H and O–H groups in total. The van der Waals surface area contributed by atoms with Gasteiger partial charge in [0.1, 0.15) is 17.4 Å². The van der Waals surface area contributed by atoms with E-state index in [-0.39, 0.29) is 17.3 Å². The molecule has 1 aliphatic carbocycles. The number of Topliss-reactive ketones (excluding diaryl/α,β-unsaturated/α-hetero) is 1. The van der Waals surface area contributed by atoms with Crippen LogP contribution in [0.5, 0.6) is 0 Å². The predicted octanol–water partition coefficient (Wildman–Crippen LogP) is 4.41. The van der Waals surface area contributed by atoms with Gasteiger partial charge in [-0.1, -0.05) is 12.1 Å². The number of nitrogens with one attached hydrogen (secondary N) is 1. The predicted molar refractivity (Wildman–Crippen MR) is 118 cm³/mol. The molecule has 1 unspecified atom stereocenters. The number of ether oxygens (including phenoxy) is 1. The van der Waals surface area contributed by atoms with Crippen molar-refractivity contribution in [3.05, 3.63) is 68.4 Å². The Balaban J connectivity index is 1.93. The number of hydrogen-bond donors (Lipinski definition) is 1. The fourth-order valence-corrected chi connectivity index (χ4v) is 4.81. The van der Waals surface area contributed by atoms with Crippen molar-refractivity contribution in [1.29, 1.82) is 0 Å². The number of allylic oxidation sites excluding steroid dienone is 3. The highest BCUT2D eigenvalue weighted by Gasteiger charge is 2.38. The highest BCUT2D eigenvalue weighted by molar-refractivity contribution is 6.03. The van der Waals surface area contributed by atoms with Gasteiger partial charge in [0.15, 0.2) is 11.2 Å². The van der Waals surface area contributed by atoms with Crippen molar-refractivity contribution in [2.45, 2.75) is 65.4 Å². The molecule has 1 aliphatic heterocycles. The van der Waals surface area contributed by atoms with Crippen molar-refractivity contribution in [1.82, 2.24) is 5.32 Å². The lowest BCUT2D eigenvalue weighted by molar-refractivity contribution is -0.144. The number of dihydropyridines is 1. The number of carbonyl (C=O) groups excluding carboxylic acids is 2. The summed E-state index contributed by atoms with van der Waals surface area (Å²) in [5, 5.41) is 3.60. The fraction of sp³-hybridized carbons (Fsp3) is 0.400. The Hall–Kier alpha value is -3.15. The van der Waals surface area contributed by atoms with Crippen LogP contribution in [0.1, 0.15) is 63.7 Å². The maximum Gasteiger partial charge on any atom is 0.337 e. The van der Waals surface area contributed by atoms with E-state index < -0.39 is 11.9 Å². The molecule has 1 atom stereocenters. The van der Waals surface area contributed by atoms with E-state index in [0.29, 0.717) is 44.8 Å². The molecule has 1 saturated carbocycles. The smallest absolute Gasteiger partial charge is 0.337 e. The third-order valence-electron chi connectivity index (χ3n) is 6.15. The van der Waals surface area contributed by atoms with Gasteiger partial charge in [0.05, 0.1) is 16.9 Å². The first-order chi connectivity index (χ1) is 14.8. The van der Waals surface area contributed by atoms with Gasteiger partial charge >= 0.3 is 5.97 Å². The van der Waals surface area contributed by atoms with E-state index in [9.17, 15) is 14.4 Å². The number of rotatable bonds is 4. The monoisotopic (exact) mass is 421 g/mol. The normalized spacial score (nSPS) is 19.7. The Kier molecular flexibility index (Phi) is 5.56. The number of benzene rings is 1. The van der Waals surface area contributed by atoms with E-state index in [4.69, 9.17) is 9.15 Å². The molecule has 1 aromatic heterocycles. The third-order valence-corrected chi connectivity index (χ3v) is 6.15. The molecule has 1 aromatic carbocycles. The van der Waals surface area contributed by atoms with Gasteiger partial charge in [-0.15, -0.1) is 0 Å². The molecule has 162 valence electrons. The number of aryl methyl sites for hydroxylation is 1. The van der Waals surface area contributed by atoms with Crippen LogP contribution < -0.4 is 10.7 Å². The number of ketones is 1. The Labute approximate surface area is 181 Å². The van der Waals surface area contributed by atoms with Crippen molar-refractivity contribution >= 4 is 22.7 Å². The minimum Gasteiger partial charge on any atom is -0.461 e. The molecule has 2 aromatic rings. The van der Waals surface area contributed by atoms with Gasteiger partial charge in [-0.3, -0.25) is 9.59 Å². The second kappa shape index (κ2) is 8.17.